The second kappa shape index (κ2) is 9.30. The Balaban J connectivity index is 1.25. The quantitative estimate of drug-likeness (QED) is 0.266. The van der Waals surface area contributed by atoms with Crippen molar-refractivity contribution >= 4 is 16.9 Å². The summed E-state index contributed by atoms with van der Waals surface area (Å²) >= 11 is 0. The second-order valence-electron chi connectivity index (χ2n) is 7.02. The van der Waals surface area contributed by atoms with Crippen molar-refractivity contribution in [3.63, 3.8) is 0 Å². The molecule has 0 aliphatic heterocycles. The minimum absolute atomic E-state index is 0.572. The number of rotatable bonds is 8. The Kier molecular flexibility index (Phi) is 6.12. The molecule has 156 valence electrons. The van der Waals surface area contributed by atoms with E-state index in [0.29, 0.717) is 24.6 Å². The van der Waals surface area contributed by atoms with E-state index in [2.05, 4.69) is 67.1 Å². The summed E-state index contributed by atoms with van der Waals surface area (Å²) in [4.78, 5) is 12.2. The smallest absolute Gasteiger partial charge is 0.216 e. The molecule has 4 aromatic rings. The lowest BCUT2D eigenvalue weighted by Crippen LogP contribution is -2.39. The second-order valence-corrected chi connectivity index (χ2v) is 7.02. The standard InChI is InChI=1S/C22H27N7O/c1-3-15-6-4-7-17-16(14-26-20(15)17)9-11-24-22(23-2)25-12-10-19-27-21(29-28-19)18-8-5-13-30-18/h4-8,13-14,26H,3,9-12H2,1-2H3,(H2,23,24,25)(H,27,28,29). The summed E-state index contributed by atoms with van der Waals surface area (Å²) < 4.78 is 5.32. The number of para-hydroxylation sites is 1. The fourth-order valence-electron chi connectivity index (χ4n) is 3.54. The normalized spacial score (nSPS) is 11.9. The van der Waals surface area contributed by atoms with Crippen LogP contribution in [0, 0.1) is 0 Å². The summed E-state index contributed by atoms with van der Waals surface area (Å²) in [5.41, 5.74) is 3.92. The molecule has 3 heterocycles. The first-order valence-corrected chi connectivity index (χ1v) is 10.3. The van der Waals surface area contributed by atoms with E-state index in [1.807, 2.05) is 12.1 Å². The number of hydrogen-bond donors (Lipinski definition) is 4. The number of furan rings is 1. The Labute approximate surface area is 175 Å². The van der Waals surface area contributed by atoms with Crippen molar-refractivity contribution in [2.24, 2.45) is 4.99 Å². The number of guanidine groups is 1. The topological polar surface area (TPSA) is 107 Å². The molecule has 0 aliphatic carbocycles. The van der Waals surface area contributed by atoms with Crippen molar-refractivity contribution in [2.45, 2.75) is 26.2 Å². The summed E-state index contributed by atoms with van der Waals surface area (Å²) in [6, 6.07) is 10.2. The van der Waals surface area contributed by atoms with Gasteiger partial charge in [-0.1, -0.05) is 25.1 Å². The highest BCUT2D eigenvalue weighted by Gasteiger charge is 2.09. The Bertz CT molecular complexity index is 1110. The number of aromatic nitrogens is 4. The van der Waals surface area contributed by atoms with Crippen molar-refractivity contribution in [2.75, 3.05) is 20.1 Å². The Morgan fingerprint density at radius 1 is 1.10 bits per heavy atom. The molecular formula is C22H27N7O. The van der Waals surface area contributed by atoms with Crippen LogP contribution in [0.2, 0.25) is 0 Å². The van der Waals surface area contributed by atoms with Crippen LogP contribution in [0.15, 0.2) is 52.2 Å². The van der Waals surface area contributed by atoms with Crippen molar-refractivity contribution in [1.29, 1.82) is 0 Å². The van der Waals surface area contributed by atoms with Crippen LogP contribution in [0.3, 0.4) is 0 Å². The van der Waals surface area contributed by atoms with Crippen LogP contribution < -0.4 is 10.6 Å². The number of aryl methyl sites for hydroxylation is 1. The van der Waals surface area contributed by atoms with Crippen LogP contribution in [0.1, 0.15) is 23.9 Å². The maximum Gasteiger partial charge on any atom is 0.216 e. The van der Waals surface area contributed by atoms with Gasteiger partial charge in [0.15, 0.2) is 11.7 Å². The average Bonchev–Trinajstić information content (AvgIpc) is 3.53. The fourth-order valence-corrected chi connectivity index (χ4v) is 3.54. The highest BCUT2D eigenvalue weighted by Crippen LogP contribution is 2.22. The van der Waals surface area contributed by atoms with Crippen LogP contribution in [0.5, 0.6) is 0 Å². The predicted octanol–water partition coefficient (Wildman–Crippen LogP) is 3.06. The number of benzene rings is 1. The largest absolute Gasteiger partial charge is 0.461 e. The van der Waals surface area contributed by atoms with Gasteiger partial charge in [-0.2, -0.15) is 5.10 Å². The SMILES string of the molecule is CCc1cccc2c(CCNC(=NC)NCCc3nc(-c4ccco4)n[nH]3)c[nH]c12. The Hall–Kier alpha value is -3.55. The van der Waals surface area contributed by atoms with E-state index in [9.17, 15) is 0 Å². The summed E-state index contributed by atoms with van der Waals surface area (Å²) in [5, 5.41) is 15.1. The summed E-state index contributed by atoms with van der Waals surface area (Å²) in [5.74, 6) is 2.80. The molecule has 0 radical (unpaired) electrons. The third kappa shape index (κ3) is 4.37. The van der Waals surface area contributed by atoms with E-state index < -0.39 is 0 Å². The summed E-state index contributed by atoms with van der Waals surface area (Å²) in [6.07, 6.45) is 6.38. The van der Waals surface area contributed by atoms with E-state index in [0.717, 1.165) is 31.2 Å². The number of nitrogens with one attached hydrogen (secondary N) is 4. The van der Waals surface area contributed by atoms with Gasteiger partial charge in [-0.05, 0) is 36.1 Å². The van der Waals surface area contributed by atoms with Crippen molar-refractivity contribution < 1.29 is 4.42 Å². The van der Waals surface area contributed by atoms with Gasteiger partial charge in [-0.25, -0.2) is 4.98 Å². The number of aliphatic imine (C=N–C) groups is 1. The molecule has 0 atom stereocenters. The third-order valence-corrected chi connectivity index (χ3v) is 5.11. The molecule has 0 saturated heterocycles. The first kappa shape index (κ1) is 19.8. The van der Waals surface area contributed by atoms with Gasteiger partial charge < -0.3 is 20.0 Å². The molecular weight excluding hydrogens is 378 g/mol. The monoisotopic (exact) mass is 405 g/mol. The van der Waals surface area contributed by atoms with Crippen LogP contribution in [-0.4, -0.2) is 46.3 Å². The van der Waals surface area contributed by atoms with Gasteiger partial charge in [-0.3, -0.25) is 10.1 Å². The van der Waals surface area contributed by atoms with E-state index in [1.54, 1.807) is 13.3 Å². The van der Waals surface area contributed by atoms with Gasteiger partial charge in [0.25, 0.3) is 0 Å². The van der Waals surface area contributed by atoms with Gasteiger partial charge in [0.1, 0.15) is 5.82 Å². The molecule has 3 aromatic heterocycles. The molecule has 0 amide bonds. The molecule has 4 rings (SSSR count). The van der Waals surface area contributed by atoms with Crippen molar-refractivity contribution in [3.8, 4) is 11.6 Å². The molecule has 4 N–H and O–H groups in total. The molecule has 0 spiro atoms. The fraction of sp³-hybridized carbons (Fsp3) is 0.318. The van der Waals surface area contributed by atoms with Crippen LogP contribution in [0.4, 0.5) is 0 Å². The zero-order valence-corrected chi connectivity index (χ0v) is 17.3. The summed E-state index contributed by atoms with van der Waals surface area (Å²) in [6.45, 7) is 3.68. The lowest BCUT2D eigenvalue weighted by molar-refractivity contribution is 0.577. The van der Waals surface area contributed by atoms with Gasteiger partial charge >= 0.3 is 0 Å². The molecule has 0 bridgehead atoms. The molecule has 1 aromatic carbocycles. The zero-order valence-electron chi connectivity index (χ0n) is 17.3. The lowest BCUT2D eigenvalue weighted by atomic mass is 10.1. The lowest BCUT2D eigenvalue weighted by Gasteiger charge is -2.11. The first-order chi connectivity index (χ1) is 14.8. The van der Waals surface area contributed by atoms with Crippen molar-refractivity contribution in [3.05, 3.63) is 59.7 Å². The highest BCUT2D eigenvalue weighted by molar-refractivity contribution is 5.86. The van der Waals surface area contributed by atoms with E-state index in [-0.39, 0.29) is 0 Å². The zero-order chi connectivity index (χ0) is 20.8. The number of hydrogen-bond acceptors (Lipinski definition) is 4. The van der Waals surface area contributed by atoms with Crippen LogP contribution in [-0.2, 0) is 19.3 Å². The van der Waals surface area contributed by atoms with Gasteiger partial charge in [0, 0.05) is 43.7 Å². The van der Waals surface area contributed by atoms with Crippen LogP contribution in [0.25, 0.3) is 22.5 Å². The van der Waals surface area contributed by atoms with Gasteiger partial charge in [-0.15, -0.1) is 0 Å². The first-order valence-electron chi connectivity index (χ1n) is 10.3. The van der Waals surface area contributed by atoms with Gasteiger partial charge in [0.2, 0.25) is 5.82 Å². The highest BCUT2D eigenvalue weighted by atomic mass is 16.3. The van der Waals surface area contributed by atoms with E-state index in [4.69, 9.17) is 4.42 Å². The Morgan fingerprint density at radius 2 is 1.97 bits per heavy atom. The summed E-state index contributed by atoms with van der Waals surface area (Å²) in [7, 11) is 1.78. The molecule has 8 heteroatoms. The van der Waals surface area contributed by atoms with E-state index in [1.165, 1.54) is 22.0 Å². The molecule has 0 aliphatic rings. The minimum atomic E-state index is 0.572. The third-order valence-electron chi connectivity index (χ3n) is 5.11. The number of aromatic amines is 2. The number of H-pyrrole nitrogens is 2. The average molecular weight is 406 g/mol. The molecule has 0 fully saturated rings. The molecule has 30 heavy (non-hydrogen) atoms. The van der Waals surface area contributed by atoms with E-state index >= 15 is 0 Å². The molecule has 0 unspecified atom stereocenters. The molecule has 8 nitrogen and oxygen atoms in total. The maximum absolute atomic E-state index is 5.32. The minimum Gasteiger partial charge on any atom is -0.461 e. The number of nitrogens with zero attached hydrogens (tertiary/aromatic N) is 3. The van der Waals surface area contributed by atoms with Gasteiger partial charge in [0.05, 0.1) is 6.26 Å². The Morgan fingerprint density at radius 3 is 2.73 bits per heavy atom. The molecule has 0 saturated carbocycles. The van der Waals surface area contributed by atoms with Crippen LogP contribution >= 0.6 is 0 Å². The number of fused-ring (bicyclic) bond motifs is 1. The van der Waals surface area contributed by atoms with Crippen molar-refractivity contribution in [1.82, 2.24) is 30.8 Å². The maximum atomic E-state index is 5.32. The predicted molar refractivity (Wildman–Crippen MR) is 119 cm³/mol.